The van der Waals surface area contributed by atoms with E-state index >= 15 is 0 Å². The molecule has 0 aromatic carbocycles. The summed E-state index contributed by atoms with van der Waals surface area (Å²) < 4.78 is 1.66. The molecule has 0 spiro atoms. The number of hydrogen-bond acceptors (Lipinski definition) is 5. The molecule has 1 amide bonds. The molecule has 112 valence electrons. The van der Waals surface area contributed by atoms with E-state index in [1.54, 1.807) is 10.9 Å². The maximum absolute atomic E-state index is 11.8. The lowest BCUT2D eigenvalue weighted by molar-refractivity contribution is -0.122. The maximum atomic E-state index is 11.8. The van der Waals surface area contributed by atoms with Crippen molar-refractivity contribution in [3.8, 4) is 0 Å². The first-order valence-corrected chi connectivity index (χ1v) is 7.23. The van der Waals surface area contributed by atoms with E-state index in [-0.39, 0.29) is 5.91 Å². The number of halogens is 1. The Balaban J connectivity index is 1.68. The number of hydrogen-bond donors (Lipinski definition) is 1. The van der Waals surface area contributed by atoms with Gasteiger partial charge >= 0.3 is 0 Å². The van der Waals surface area contributed by atoms with E-state index in [1.165, 1.54) is 0 Å². The molecule has 1 N–H and O–H groups in total. The van der Waals surface area contributed by atoms with Crippen LogP contribution in [-0.4, -0.2) is 50.2 Å². The van der Waals surface area contributed by atoms with Crippen LogP contribution in [0.1, 0.15) is 18.7 Å². The van der Waals surface area contributed by atoms with Crippen molar-refractivity contribution in [1.29, 1.82) is 0 Å². The molecule has 2 heterocycles. The molecule has 1 aliphatic rings. The van der Waals surface area contributed by atoms with Gasteiger partial charge in [-0.25, -0.2) is 9.97 Å². The molecule has 8 heteroatoms. The van der Waals surface area contributed by atoms with E-state index in [1.807, 2.05) is 19.0 Å². The first-order chi connectivity index (χ1) is 10.0. The van der Waals surface area contributed by atoms with Gasteiger partial charge in [-0.1, -0.05) is 11.6 Å². The number of rotatable bonds is 5. The molecule has 1 fully saturated rings. The number of nitrogens with zero attached hydrogens (tertiary/aromatic N) is 5. The number of likely N-dealkylation sites (N-methyl/N-ethyl adjacent to an activating group) is 1. The zero-order valence-corrected chi connectivity index (χ0v) is 12.8. The number of fused-ring (bicyclic) bond motifs is 1. The van der Waals surface area contributed by atoms with Crippen LogP contribution in [0.3, 0.4) is 0 Å². The Morgan fingerprint density at radius 1 is 1.52 bits per heavy atom. The highest BCUT2D eigenvalue weighted by atomic mass is 35.5. The Kier molecular flexibility index (Phi) is 3.77. The first-order valence-electron chi connectivity index (χ1n) is 6.85. The van der Waals surface area contributed by atoms with E-state index in [2.05, 4.69) is 20.4 Å². The van der Waals surface area contributed by atoms with Crippen molar-refractivity contribution >= 4 is 28.5 Å². The molecular weight excluding hydrogens is 292 g/mol. The molecule has 2 aromatic rings. The van der Waals surface area contributed by atoms with Crippen LogP contribution in [0.25, 0.3) is 11.0 Å². The predicted octanol–water partition coefficient (Wildman–Crippen LogP) is 0.727. The highest BCUT2D eigenvalue weighted by Gasteiger charge is 2.23. The minimum absolute atomic E-state index is 0.0349. The molecular formula is C13H17ClN6O. The quantitative estimate of drug-likeness (QED) is 0.824. The van der Waals surface area contributed by atoms with Crippen molar-refractivity contribution in [2.24, 2.45) is 7.05 Å². The second-order valence-electron chi connectivity index (χ2n) is 5.45. The average molecular weight is 309 g/mol. The second-order valence-corrected chi connectivity index (χ2v) is 5.81. The molecule has 0 unspecified atom stereocenters. The van der Waals surface area contributed by atoms with Gasteiger partial charge in [0.15, 0.2) is 5.65 Å². The van der Waals surface area contributed by atoms with E-state index < -0.39 is 0 Å². The van der Waals surface area contributed by atoms with Crippen molar-refractivity contribution in [3.63, 3.8) is 0 Å². The van der Waals surface area contributed by atoms with Gasteiger partial charge in [0.2, 0.25) is 5.91 Å². The number of carbonyl (C=O) groups excluding carboxylic acids is 1. The van der Waals surface area contributed by atoms with Crippen molar-refractivity contribution in [1.82, 2.24) is 30.0 Å². The molecule has 1 aliphatic carbocycles. The first kappa shape index (κ1) is 14.2. The molecule has 1 saturated carbocycles. The van der Waals surface area contributed by atoms with Crippen molar-refractivity contribution in [3.05, 3.63) is 17.2 Å². The number of carbonyl (C=O) groups is 1. The predicted molar refractivity (Wildman–Crippen MR) is 78.8 cm³/mol. The van der Waals surface area contributed by atoms with Crippen LogP contribution >= 0.6 is 11.6 Å². The van der Waals surface area contributed by atoms with Crippen LogP contribution in [0.4, 0.5) is 0 Å². The molecule has 0 atom stereocenters. The third kappa shape index (κ3) is 3.30. The molecule has 7 nitrogen and oxygen atoms in total. The Morgan fingerprint density at radius 3 is 3.00 bits per heavy atom. The van der Waals surface area contributed by atoms with Crippen molar-refractivity contribution in [2.75, 3.05) is 13.6 Å². The molecule has 0 aliphatic heterocycles. The lowest BCUT2D eigenvalue weighted by Gasteiger charge is -2.15. The van der Waals surface area contributed by atoms with Crippen LogP contribution in [0.15, 0.2) is 6.20 Å². The molecule has 2 aromatic heterocycles. The maximum Gasteiger partial charge on any atom is 0.234 e. The SMILES string of the molecule is CN(CC(=O)NC1CC1)Cc1nc(Cl)c2cnn(C)c2n1. The highest BCUT2D eigenvalue weighted by Crippen LogP contribution is 2.20. The van der Waals surface area contributed by atoms with Gasteiger partial charge in [0.1, 0.15) is 11.0 Å². The topological polar surface area (TPSA) is 75.9 Å². The van der Waals surface area contributed by atoms with Crippen LogP contribution in [-0.2, 0) is 18.4 Å². The monoisotopic (exact) mass is 308 g/mol. The van der Waals surface area contributed by atoms with Crippen molar-refractivity contribution in [2.45, 2.75) is 25.4 Å². The Morgan fingerprint density at radius 2 is 2.29 bits per heavy atom. The number of amides is 1. The van der Waals surface area contributed by atoms with E-state index in [0.29, 0.717) is 35.8 Å². The van der Waals surface area contributed by atoms with Gasteiger partial charge in [-0.05, 0) is 19.9 Å². The summed E-state index contributed by atoms with van der Waals surface area (Å²) >= 11 is 6.14. The lowest BCUT2D eigenvalue weighted by atomic mass is 10.4. The van der Waals surface area contributed by atoms with Gasteiger partial charge in [0.05, 0.1) is 24.7 Å². The van der Waals surface area contributed by atoms with Crippen LogP contribution in [0, 0.1) is 0 Å². The van der Waals surface area contributed by atoms with Gasteiger partial charge < -0.3 is 5.32 Å². The zero-order valence-electron chi connectivity index (χ0n) is 12.0. The fraction of sp³-hybridized carbons (Fsp3) is 0.538. The number of nitrogens with one attached hydrogen (secondary N) is 1. The average Bonchev–Trinajstić information content (AvgIpc) is 3.12. The second kappa shape index (κ2) is 5.57. The summed E-state index contributed by atoms with van der Waals surface area (Å²) in [5.41, 5.74) is 0.695. The highest BCUT2D eigenvalue weighted by molar-refractivity contribution is 6.33. The van der Waals surface area contributed by atoms with Crippen molar-refractivity contribution < 1.29 is 4.79 Å². The smallest absolute Gasteiger partial charge is 0.234 e. The standard InChI is InChI=1S/C13H17ClN6O/c1-19(7-11(21)16-8-3-4-8)6-10-17-12(14)9-5-15-20(2)13(9)18-10/h5,8H,3-4,6-7H2,1-2H3,(H,16,21). The van der Waals surface area contributed by atoms with Gasteiger partial charge in [-0.3, -0.25) is 14.4 Å². The molecule has 0 saturated heterocycles. The Hall–Kier alpha value is -1.73. The molecule has 3 rings (SSSR count). The Labute approximate surface area is 127 Å². The summed E-state index contributed by atoms with van der Waals surface area (Å²) in [5.74, 6) is 0.616. The van der Waals surface area contributed by atoms with E-state index in [9.17, 15) is 4.79 Å². The summed E-state index contributed by atoms with van der Waals surface area (Å²) in [5, 5.41) is 8.19. The summed E-state index contributed by atoms with van der Waals surface area (Å²) in [6, 6.07) is 0.377. The Bertz CT molecular complexity index is 681. The minimum atomic E-state index is 0.0349. The van der Waals surface area contributed by atoms with E-state index in [4.69, 9.17) is 11.6 Å². The summed E-state index contributed by atoms with van der Waals surface area (Å²) in [4.78, 5) is 22.3. The summed E-state index contributed by atoms with van der Waals surface area (Å²) in [6.45, 7) is 0.778. The molecule has 0 bridgehead atoms. The van der Waals surface area contributed by atoms with E-state index in [0.717, 1.165) is 18.2 Å². The van der Waals surface area contributed by atoms with Gasteiger partial charge in [0, 0.05) is 13.1 Å². The summed E-state index contributed by atoms with van der Waals surface area (Å²) in [7, 11) is 3.67. The van der Waals surface area contributed by atoms with Gasteiger partial charge in [-0.15, -0.1) is 0 Å². The molecule has 0 radical (unpaired) electrons. The third-order valence-corrected chi connectivity index (χ3v) is 3.65. The lowest BCUT2D eigenvalue weighted by Crippen LogP contribution is -2.36. The number of aromatic nitrogens is 4. The zero-order chi connectivity index (χ0) is 15.0. The fourth-order valence-corrected chi connectivity index (χ4v) is 2.38. The number of aryl methyl sites for hydroxylation is 1. The normalized spacial score (nSPS) is 14.9. The van der Waals surface area contributed by atoms with Gasteiger partial charge in [-0.2, -0.15) is 5.10 Å². The summed E-state index contributed by atoms with van der Waals surface area (Å²) in [6.07, 6.45) is 3.82. The van der Waals surface area contributed by atoms with Crippen LogP contribution in [0.5, 0.6) is 0 Å². The fourth-order valence-electron chi connectivity index (χ4n) is 2.14. The molecule has 21 heavy (non-hydrogen) atoms. The van der Waals surface area contributed by atoms with Gasteiger partial charge in [0.25, 0.3) is 0 Å². The van der Waals surface area contributed by atoms with Crippen LogP contribution < -0.4 is 5.32 Å². The largest absolute Gasteiger partial charge is 0.352 e. The van der Waals surface area contributed by atoms with Crippen LogP contribution in [0.2, 0.25) is 5.15 Å². The minimum Gasteiger partial charge on any atom is -0.352 e. The third-order valence-electron chi connectivity index (χ3n) is 3.36.